The van der Waals surface area contributed by atoms with E-state index >= 15 is 0 Å². The minimum Gasteiger partial charge on any atom is -0.368 e. The maximum atomic E-state index is 12.7. The average Bonchev–Trinajstić information content (AvgIpc) is 3.30. The molecule has 0 unspecified atom stereocenters. The van der Waals surface area contributed by atoms with Crippen LogP contribution in [0.5, 0.6) is 0 Å². The van der Waals surface area contributed by atoms with Gasteiger partial charge in [-0.25, -0.2) is 0 Å². The molecule has 0 atom stereocenters. The Kier molecular flexibility index (Phi) is 6.49. The number of benzene rings is 2. The van der Waals surface area contributed by atoms with Crippen LogP contribution in [-0.4, -0.2) is 53.0 Å². The highest BCUT2D eigenvalue weighted by Gasteiger charge is 2.21. The normalized spacial score (nSPS) is 13.8. The molecule has 166 valence electrons. The molecule has 1 fully saturated rings. The van der Waals surface area contributed by atoms with E-state index in [0.29, 0.717) is 31.2 Å². The number of aromatic nitrogens is 2. The number of anilines is 2. The number of aryl methyl sites for hydroxylation is 1. The molecular formula is C24H27N5O3. The Morgan fingerprint density at radius 1 is 1.00 bits per heavy atom. The Bertz CT molecular complexity index is 1070. The third kappa shape index (κ3) is 5.14. The van der Waals surface area contributed by atoms with Crippen LogP contribution in [0.2, 0.25) is 0 Å². The van der Waals surface area contributed by atoms with Crippen molar-refractivity contribution < 1.29 is 14.1 Å². The van der Waals surface area contributed by atoms with Gasteiger partial charge in [-0.1, -0.05) is 24.2 Å². The molecule has 3 aromatic rings. The third-order valence-electron chi connectivity index (χ3n) is 5.52. The number of amides is 2. The molecule has 0 bridgehead atoms. The number of piperazine rings is 1. The standard InChI is InChI=1S/C24H27N5O3/c1-3-22-26-24(27-32-22)19-6-10-21(11-7-19)28-12-14-29(15-13-28)23(31)16-18-4-8-20(9-5-18)25-17(2)30/h4-11H,3,12-16H2,1-2H3,(H,25,30). The van der Waals surface area contributed by atoms with Gasteiger partial charge in [0, 0.05) is 56.5 Å². The van der Waals surface area contributed by atoms with Crippen molar-refractivity contribution in [1.29, 1.82) is 0 Å². The lowest BCUT2D eigenvalue weighted by Crippen LogP contribution is -2.49. The van der Waals surface area contributed by atoms with Gasteiger partial charge in [-0.2, -0.15) is 4.98 Å². The molecule has 1 aromatic heterocycles. The number of carbonyl (C=O) groups excluding carboxylic acids is 2. The van der Waals surface area contributed by atoms with E-state index in [2.05, 4.69) is 32.5 Å². The molecule has 0 radical (unpaired) electrons. The van der Waals surface area contributed by atoms with Crippen LogP contribution in [0.25, 0.3) is 11.4 Å². The van der Waals surface area contributed by atoms with Gasteiger partial charge in [-0.15, -0.1) is 0 Å². The molecule has 8 heteroatoms. The van der Waals surface area contributed by atoms with E-state index in [1.807, 2.05) is 48.2 Å². The molecule has 4 rings (SSSR count). The van der Waals surface area contributed by atoms with Gasteiger partial charge >= 0.3 is 0 Å². The van der Waals surface area contributed by atoms with Crippen LogP contribution < -0.4 is 10.2 Å². The maximum Gasteiger partial charge on any atom is 0.227 e. The zero-order valence-corrected chi connectivity index (χ0v) is 18.4. The van der Waals surface area contributed by atoms with Crippen molar-refractivity contribution in [2.75, 3.05) is 36.4 Å². The Balaban J connectivity index is 1.29. The summed E-state index contributed by atoms with van der Waals surface area (Å²) in [5, 5.41) is 6.75. The first-order valence-electron chi connectivity index (χ1n) is 10.8. The molecule has 2 amide bonds. The summed E-state index contributed by atoms with van der Waals surface area (Å²) < 4.78 is 5.19. The highest BCUT2D eigenvalue weighted by molar-refractivity contribution is 5.88. The molecule has 0 saturated carbocycles. The predicted octanol–water partition coefficient (Wildman–Crippen LogP) is 3.15. The molecule has 1 N–H and O–H groups in total. The number of nitrogens with zero attached hydrogens (tertiary/aromatic N) is 4. The first kappa shape index (κ1) is 21.5. The van der Waals surface area contributed by atoms with Crippen molar-refractivity contribution in [3.63, 3.8) is 0 Å². The summed E-state index contributed by atoms with van der Waals surface area (Å²) in [6.07, 6.45) is 1.08. The minimum atomic E-state index is -0.109. The summed E-state index contributed by atoms with van der Waals surface area (Å²) in [5.74, 6) is 1.25. The molecule has 1 aliphatic rings. The average molecular weight is 434 g/mol. The first-order valence-corrected chi connectivity index (χ1v) is 10.8. The van der Waals surface area contributed by atoms with E-state index in [-0.39, 0.29) is 11.8 Å². The van der Waals surface area contributed by atoms with Gasteiger partial charge in [-0.05, 0) is 42.0 Å². The first-order chi connectivity index (χ1) is 15.5. The van der Waals surface area contributed by atoms with E-state index in [0.717, 1.165) is 42.0 Å². The van der Waals surface area contributed by atoms with E-state index < -0.39 is 0 Å². The van der Waals surface area contributed by atoms with Crippen LogP contribution >= 0.6 is 0 Å². The lowest BCUT2D eigenvalue weighted by atomic mass is 10.1. The molecule has 0 spiro atoms. The molecule has 2 heterocycles. The highest BCUT2D eigenvalue weighted by Crippen LogP contribution is 2.22. The fraction of sp³-hybridized carbons (Fsp3) is 0.333. The van der Waals surface area contributed by atoms with Gasteiger partial charge in [-0.3, -0.25) is 9.59 Å². The molecule has 32 heavy (non-hydrogen) atoms. The molecule has 1 saturated heterocycles. The van der Waals surface area contributed by atoms with Crippen molar-refractivity contribution in [1.82, 2.24) is 15.0 Å². The third-order valence-corrected chi connectivity index (χ3v) is 5.52. The van der Waals surface area contributed by atoms with Crippen molar-refractivity contribution in [3.8, 4) is 11.4 Å². The second-order valence-corrected chi connectivity index (χ2v) is 7.83. The van der Waals surface area contributed by atoms with Crippen molar-refractivity contribution in [2.45, 2.75) is 26.7 Å². The van der Waals surface area contributed by atoms with Crippen LogP contribution in [0.3, 0.4) is 0 Å². The molecule has 8 nitrogen and oxygen atoms in total. The predicted molar refractivity (Wildman–Crippen MR) is 122 cm³/mol. The van der Waals surface area contributed by atoms with Gasteiger partial charge in [0.1, 0.15) is 0 Å². The van der Waals surface area contributed by atoms with Gasteiger partial charge in [0.15, 0.2) is 0 Å². The number of nitrogens with one attached hydrogen (secondary N) is 1. The van der Waals surface area contributed by atoms with E-state index in [4.69, 9.17) is 4.52 Å². The van der Waals surface area contributed by atoms with Crippen molar-refractivity contribution in [3.05, 3.63) is 60.0 Å². The Morgan fingerprint density at radius 3 is 2.28 bits per heavy atom. The van der Waals surface area contributed by atoms with Crippen LogP contribution in [0.15, 0.2) is 53.1 Å². The Labute approximate surface area is 187 Å². The lowest BCUT2D eigenvalue weighted by Gasteiger charge is -2.36. The maximum absolute atomic E-state index is 12.7. The number of hydrogen-bond acceptors (Lipinski definition) is 6. The number of rotatable bonds is 6. The largest absolute Gasteiger partial charge is 0.368 e. The smallest absolute Gasteiger partial charge is 0.227 e. The topological polar surface area (TPSA) is 91.6 Å². The van der Waals surface area contributed by atoms with Gasteiger partial charge < -0.3 is 19.6 Å². The molecule has 1 aliphatic heterocycles. The van der Waals surface area contributed by atoms with Gasteiger partial charge in [0.2, 0.25) is 23.5 Å². The number of carbonyl (C=O) groups is 2. The van der Waals surface area contributed by atoms with Gasteiger partial charge in [0.05, 0.1) is 6.42 Å². The Hall–Kier alpha value is -3.68. The zero-order chi connectivity index (χ0) is 22.5. The SMILES string of the molecule is CCc1nc(-c2ccc(N3CCN(C(=O)Cc4ccc(NC(C)=O)cc4)CC3)cc2)no1. The van der Waals surface area contributed by atoms with E-state index in [1.165, 1.54) is 6.92 Å². The second-order valence-electron chi connectivity index (χ2n) is 7.83. The molecular weight excluding hydrogens is 406 g/mol. The van der Waals surface area contributed by atoms with Crippen LogP contribution in [0.4, 0.5) is 11.4 Å². The summed E-state index contributed by atoms with van der Waals surface area (Å²) in [6.45, 7) is 6.41. The fourth-order valence-electron chi connectivity index (χ4n) is 3.75. The zero-order valence-electron chi connectivity index (χ0n) is 18.4. The molecule has 2 aromatic carbocycles. The molecule has 0 aliphatic carbocycles. The van der Waals surface area contributed by atoms with Crippen molar-refractivity contribution in [2.24, 2.45) is 0 Å². The van der Waals surface area contributed by atoms with Gasteiger partial charge in [0.25, 0.3) is 0 Å². The van der Waals surface area contributed by atoms with Crippen LogP contribution in [0.1, 0.15) is 25.3 Å². The monoisotopic (exact) mass is 433 g/mol. The summed E-state index contributed by atoms with van der Waals surface area (Å²) in [5.41, 5.74) is 3.72. The summed E-state index contributed by atoms with van der Waals surface area (Å²) in [4.78, 5) is 32.4. The van der Waals surface area contributed by atoms with Crippen molar-refractivity contribution >= 4 is 23.2 Å². The highest BCUT2D eigenvalue weighted by atomic mass is 16.5. The lowest BCUT2D eigenvalue weighted by molar-refractivity contribution is -0.130. The summed E-state index contributed by atoms with van der Waals surface area (Å²) in [7, 11) is 0. The van der Waals surface area contributed by atoms with E-state index in [9.17, 15) is 9.59 Å². The second kappa shape index (κ2) is 9.64. The number of hydrogen-bond donors (Lipinski definition) is 1. The minimum absolute atomic E-state index is 0.109. The Morgan fingerprint density at radius 2 is 1.69 bits per heavy atom. The summed E-state index contributed by atoms with van der Waals surface area (Å²) in [6, 6.07) is 15.5. The summed E-state index contributed by atoms with van der Waals surface area (Å²) >= 11 is 0. The van der Waals surface area contributed by atoms with Crippen LogP contribution in [0, 0.1) is 0 Å². The van der Waals surface area contributed by atoms with Crippen LogP contribution in [-0.2, 0) is 22.4 Å². The van der Waals surface area contributed by atoms with E-state index in [1.54, 1.807) is 0 Å². The quantitative estimate of drug-likeness (QED) is 0.642. The fourth-order valence-corrected chi connectivity index (χ4v) is 3.75.